The quantitative estimate of drug-likeness (QED) is 0.795. The summed E-state index contributed by atoms with van der Waals surface area (Å²) >= 11 is 0. The maximum Gasteiger partial charge on any atom is 0.504 e. The lowest BCUT2D eigenvalue weighted by molar-refractivity contribution is -0.0418. The van der Waals surface area contributed by atoms with Gasteiger partial charge in [-0.05, 0) is 5.56 Å². The van der Waals surface area contributed by atoms with Crippen LogP contribution in [0.1, 0.15) is 18.0 Å². The topological polar surface area (TPSA) is 61.8 Å². The van der Waals surface area contributed by atoms with E-state index in [-0.39, 0.29) is 6.42 Å². The number of sulfone groups is 1. The van der Waals surface area contributed by atoms with Gasteiger partial charge in [0.1, 0.15) is 6.17 Å². The molecule has 3 rings (SSSR count). The Balaban J connectivity index is 1.91. The SMILES string of the molecule is O=S(=O)(C1=NC2[C@@H](F)C[C@@H](c3ccccc3)N2N1)C(F)(F)F. The summed E-state index contributed by atoms with van der Waals surface area (Å²) in [6.45, 7) is 0. The number of amidine groups is 1. The Hall–Kier alpha value is -1.68. The van der Waals surface area contributed by atoms with Gasteiger partial charge in [-0.3, -0.25) is 5.43 Å². The Labute approximate surface area is 123 Å². The van der Waals surface area contributed by atoms with Gasteiger partial charge in [0.05, 0.1) is 6.04 Å². The molecule has 22 heavy (non-hydrogen) atoms. The van der Waals surface area contributed by atoms with Crippen LogP contribution >= 0.6 is 0 Å². The number of nitrogens with zero attached hydrogens (tertiary/aromatic N) is 2. The van der Waals surface area contributed by atoms with Crippen LogP contribution in [0.5, 0.6) is 0 Å². The number of hydrogen-bond donors (Lipinski definition) is 1. The second-order valence-electron chi connectivity index (χ2n) is 4.99. The van der Waals surface area contributed by atoms with Gasteiger partial charge in [0.2, 0.25) is 5.17 Å². The van der Waals surface area contributed by atoms with Crippen molar-refractivity contribution >= 4 is 15.0 Å². The minimum Gasteiger partial charge on any atom is -0.291 e. The molecule has 3 atom stereocenters. The smallest absolute Gasteiger partial charge is 0.291 e. The Kier molecular flexibility index (Phi) is 3.40. The molecule has 5 nitrogen and oxygen atoms in total. The lowest BCUT2D eigenvalue weighted by Gasteiger charge is -2.23. The molecule has 2 heterocycles. The van der Waals surface area contributed by atoms with Crippen molar-refractivity contribution in [3.63, 3.8) is 0 Å². The van der Waals surface area contributed by atoms with Gasteiger partial charge in [-0.2, -0.15) is 18.2 Å². The number of halogens is 4. The molecule has 1 saturated heterocycles. The van der Waals surface area contributed by atoms with Crippen LogP contribution in [0.2, 0.25) is 0 Å². The first kappa shape index (κ1) is 15.2. The van der Waals surface area contributed by atoms with Crippen molar-refractivity contribution in [2.24, 2.45) is 4.99 Å². The van der Waals surface area contributed by atoms with Crippen molar-refractivity contribution in [3.05, 3.63) is 35.9 Å². The minimum absolute atomic E-state index is 0.0184. The maximum absolute atomic E-state index is 14.0. The lowest BCUT2D eigenvalue weighted by atomic mass is 10.1. The molecule has 0 aromatic heterocycles. The zero-order valence-corrected chi connectivity index (χ0v) is 11.8. The third kappa shape index (κ3) is 2.26. The highest BCUT2D eigenvalue weighted by molar-refractivity contribution is 8.07. The van der Waals surface area contributed by atoms with Crippen molar-refractivity contribution in [3.8, 4) is 0 Å². The van der Waals surface area contributed by atoms with E-state index in [2.05, 4.69) is 10.4 Å². The summed E-state index contributed by atoms with van der Waals surface area (Å²) in [7, 11) is -5.62. The van der Waals surface area contributed by atoms with Crippen LogP contribution in [0.15, 0.2) is 35.3 Å². The molecule has 1 unspecified atom stereocenters. The third-order valence-corrected chi connectivity index (χ3v) is 4.93. The zero-order valence-electron chi connectivity index (χ0n) is 11.0. The van der Waals surface area contributed by atoms with Gasteiger partial charge >= 0.3 is 15.3 Å². The van der Waals surface area contributed by atoms with E-state index < -0.39 is 38.9 Å². The van der Waals surface area contributed by atoms with Gasteiger partial charge in [0.15, 0.2) is 6.17 Å². The van der Waals surface area contributed by atoms with Gasteiger partial charge in [0.25, 0.3) is 0 Å². The lowest BCUT2D eigenvalue weighted by Crippen LogP contribution is -2.45. The highest BCUT2D eigenvalue weighted by atomic mass is 32.2. The van der Waals surface area contributed by atoms with Crippen LogP contribution in [-0.2, 0) is 9.84 Å². The second-order valence-corrected chi connectivity index (χ2v) is 6.85. The predicted octanol–water partition coefficient (Wildman–Crippen LogP) is 1.91. The standard InChI is InChI=1S/C12H11F4N3O2S/c13-8-6-9(7-4-2-1-3-5-7)19-10(8)17-11(18-19)22(20,21)12(14,15)16/h1-5,8-10H,6H2,(H,17,18)/t8-,9-,10?/m0/s1. The summed E-state index contributed by atoms with van der Waals surface area (Å²) in [6.07, 6.45) is -2.82. The fourth-order valence-corrected chi connectivity index (χ4v) is 3.26. The highest BCUT2D eigenvalue weighted by Gasteiger charge is 2.55. The Morgan fingerprint density at radius 1 is 1.23 bits per heavy atom. The average molecular weight is 337 g/mol. The molecule has 1 aromatic carbocycles. The van der Waals surface area contributed by atoms with Crippen molar-refractivity contribution < 1.29 is 26.0 Å². The van der Waals surface area contributed by atoms with Crippen molar-refractivity contribution in [1.82, 2.24) is 10.4 Å². The minimum atomic E-state index is -5.62. The first-order chi connectivity index (χ1) is 10.2. The molecule has 0 saturated carbocycles. The first-order valence-corrected chi connectivity index (χ1v) is 7.83. The van der Waals surface area contributed by atoms with Gasteiger partial charge in [-0.25, -0.2) is 17.8 Å². The van der Waals surface area contributed by atoms with Gasteiger partial charge in [0, 0.05) is 6.42 Å². The second kappa shape index (κ2) is 4.92. The number of rotatable bonds is 1. The van der Waals surface area contributed by atoms with Crippen LogP contribution in [0.4, 0.5) is 17.6 Å². The molecule has 1 N–H and O–H groups in total. The summed E-state index contributed by atoms with van der Waals surface area (Å²) in [5.74, 6) is 0. The first-order valence-electron chi connectivity index (χ1n) is 6.35. The summed E-state index contributed by atoms with van der Waals surface area (Å²) in [6, 6.07) is 7.96. The van der Waals surface area contributed by atoms with Crippen LogP contribution in [0, 0.1) is 0 Å². The van der Waals surface area contributed by atoms with Crippen LogP contribution in [0.3, 0.4) is 0 Å². The van der Waals surface area contributed by atoms with Crippen molar-refractivity contribution in [1.29, 1.82) is 0 Å². The number of nitrogens with one attached hydrogen (secondary N) is 1. The number of hydrogen-bond acceptors (Lipinski definition) is 5. The van der Waals surface area contributed by atoms with E-state index in [1.807, 2.05) is 0 Å². The molecule has 0 radical (unpaired) electrons. The molecule has 2 aliphatic heterocycles. The normalized spacial score (nSPS) is 29.1. The summed E-state index contributed by atoms with van der Waals surface area (Å²) in [5, 5.41) is -0.133. The van der Waals surface area contributed by atoms with Gasteiger partial charge < -0.3 is 0 Å². The predicted molar refractivity (Wildman–Crippen MR) is 69.9 cm³/mol. The van der Waals surface area contributed by atoms with E-state index in [1.165, 1.54) is 0 Å². The molecule has 0 aliphatic carbocycles. The molecule has 120 valence electrons. The summed E-state index contributed by atoms with van der Waals surface area (Å²) in [5.41, 5.74) is -2.70. The molecule has 0 bridgehead atoms. The largest absolute Gasteiger partial charge is 0.504 e. The fraction of sp³-hybridized carbons (Fsp3) is 0.417. The molecule has 2 aliphatic rings. The number of benzene rings is 1. The Morgan fingerprint density at radius 3 is 2.45 bits per heavy atom. The molecule has 0 amide bonds. The van der Waals surface area contributed by atoms with Crippen LogP contribution in [0.25, 0.3) is 0 Å². The number of alkyl halides is 4. The molecule has 0 spiro atoms. The van der Waals surface area contributed by atoms with E-state index in [1.54, 1.807) is 30.3 Å². The molecular weight excluding hydrogens is 326 g/mol. The van der Waals surface area contributed by atoms with E-state index in [4.69, 9.17) is 0 Å². The Morgan fingerprint density at radius 2 is 1.86 bits per heavy atom. The molecule has 1 aromatic rings. The van der Waals surface area contributed by atoms with Crippen LogP contribution < -0.4 is 5.43 Å². The van der Waals surface area contributed by atoms with Crippen LogP contribution in [-0.4, -0.2) is 36.4 Å². The zero-order chi connectivity index (χ0) is 16.1. The van der Waals surface area contributed by atoms with Gasteiger partial charge in [-0.15, -0.1) is 0 Å². The van der Waals surface area contributed by atoms with Crippen molar-refractivity contribution in [2.45, 2.75) is 30.3 Å². The molecular formula is C12H11F4N3O2S. The number of hydrazine groups is 1. The number of aliphatic imine (C=N–C) groups is 1. The third-order valence-electron chi connectivity index (χ3n) is 3.61. The Bertz CT molecular complexity index is 705. The summed E-state index contributed by atoms with van der Waals surface area (Å²) in [4.78, 5) is 3.39. The van der Waals surface area contributed by atoms with E-state index in [0.717, 1.165) is 5.01 Å². The fourth-order valence-electron chi connectivity index (χ4n) is 2.56. The number of fused-ring (bicyclic) bond motifs is 1. The molecule has 1 fully saturated rings. The van der Waals surface area contributed by atoms with E-state index in [9.17, 15) is 26.0 Å². The molecule has 10 heteroatoms. The maximum atomic E-state index is 14.0. The van der Waals surface area contributed by atoms with E-state index >= 15 is 0 Å². The monoisotopic (exact) mass is 337 g/mol. The highest BCUT2D eigenvalue weighted by Crippen LogP contribution is 2.40. The van der Waals surface area contributed by atoms with Gasteiger partial charge in [-0.1, -0.05) is 30.3 Å². The van der Waals surface area contributed by atoms with E-state index in [0.29, 0.717) is 5.56 Å². The summed E-state index contributed by atoms with van der Waals surface area (Å²) < 4.78 is 74.4. The van der Waals surface area contributed by atoms with Crippen molar-refractivity contribution in [2.75, 3.05) is 0 Å². The average Bonchev–Trinajstić information content (AvgIpc) is 3.00.